The molecule has 0 amide bonds. The van der Waals surface area contributed by atoms with Crippen molar-refractivity contribution in [2.45, 2.75) is 12.2 Å². The minimum absolute atomic E-state index is 0.373. The second-order valence-corrected chi connectivity index (χ2v) is 4.87. The van der Waals surface area contributed by atoms with Crippen molar-refractivity contribution < 1.29 is 14.6 Å². The minimum Gasteiger partial charge on any atom is -0.456 e. The molecule has 1 heterocycles. The van der Waals surface area contributed by atoms with E-state index < -0.39 is 12.1 Å². The summed E-state index contributed by atoms with van der Waals surface area (Å²) in [4.78, 5) is 10.8. The van der Waals surface area contributed by atoms with Crippen molar-refractivity contribution in [3.05, 3.63) is 12.7 Å². The van der Waals surface area contributed by atoms with Gasteiger partial charge in [0.05, 0.1) is 0 Å². The molecule has 1 N–H and O–H groups in total. The van der Waals surface area contributed by atoms with Crippen molar-refractivity contribution in [3.63, 3.8) is 0 Å². The van der Waals surface area contributed by atoms with E-state index in [2.05, 4.69) is 6.58 Å². The zero-order chi connectivity index (χ0) is 8.97. The zero-order valence-electron chi connectivity index (χ0n) is 6.43. The molecule has 0 radical (unpaired) electrons. The Morgan fingerprint density at radius 3 is 2.83 bits per heavy atom. The number of rotatable bonds is 2. The lowest BCUT2D eigenvalue weighted by atomic mass is 10.2. The highest BCUT2D eigenvalue weighted by molar-refractivity contribution is 8.76. The predicted octanol–water partition coefficient (Wildman–Crippen LogP) is 0.840. The van der Waals surface area contributed by atoms with Gasteiger partial charge in [0.1, 0.15) is 12.2 Å². The van der Waals surface area contributed by atoms with Gasteiger partial charge in [-0.2, -0.15) is 0 Å². The fraction of sp³-hybridized carbons (Fsp3) is 0.571. The Kier molecular flexibility index (Phi) is 3.97. The second-order valence-electron chi connectivity index (χ2n) is 2.32. The van der Waals surface area contributed by atoms with Crippen LogP contribution in [0.2, 0.25) is 0 Å². The normalized spacial score (nSPS) is 29.4. The summed E-state index contributed by atoms with van der Waals surface area (Å²) in [5, 5.41) is 9.37. The van der Waals surface area contributed by atoms with Crippen LogP contribution in [0.5, 0.6) is 0 Å². The molecule has 12 heavy (non-hydrogen) atoms. The van der Waals surface area contributed by atoms with Crippen LogP contribution in [-0.4, -0.2) is 34.8 Å². The van der Waals surface area contributed by atoms with Gasteiger partial charge in [0.15, 0.2) is 0 Å². The SMILES string of the molecule is C=CC(=O)OC1CSSCC1O. The van der Waals surface area contributed by atoms with Gasteiger partial charge in [-0.15, -0.1) is 0 Å². The molecule has 0 aromatic carbocycles. The molecular weight excluding hydrogens is 196 g/mol. The Hall–Kier alpha value is -0.130. The van der Waals surface area contributed by atoms with Gasteiger partial charge in [0.2, 0.25) is 0 Å². The number of hydrogen-bond donors (Lipinski definition) is 1. The summed E-state index contributed by atoms with van der Waals surface area (Å²) in [5.41, 5.74) is 0. The number of aliphatic hydroxyl groups excluding tert-OH is 1. The molecule has 3 nitrogen and oxygen atoms in total. The van der Waals surface area contributed by atoms with E-state index in [4.69, 9.17) is 4.74 Å². The van der Waals surface area contributed by atoms with E-state index in [1.807, 2.05) is 0 Å². The molecule has 68 valence electrons. The number of esters is 1. The van der Waals surface area contributed by atoms with Gasteiger partial charge in [-0.3, -0.25) is 0 Å². The number of carbonyl (C=O) groups excluding carboxylic acids is 1. The first-order valence-electron chi connectivity index (χ1n) is 3.49. The van der Waals surface area contributed by atoms with Crippen molar-refractivity contribution in [2.24, 2.45) is 0 Å². The Labute approximate surface area is 78.9 Å². The highest BCUT2D eigenvalue weighted by atomic mass is 33.1. The molecule has 0 spiro atoms. The first-order valence-corrected chi connectivity index (χ1v) is 5.98. The van der Waals surface area contributed by atoms with Gasteiger partial charge >= 0.3 is 5.97 Å². The number of aliphatic hydroxyl groups is 1. The molecule has 0 saturated carbocycles. The molecule has 5 heteroatoms. The van der Waals surface area contributed by atoms with E-state index in [0.29, 0.717) is 11.5 Å². The van der Waals surface area contributed by atoms with Gasteiger partial charge in [-0.05, 0) is 0 Å². The fourth-order valence-corrected chi connectivity index (χ4v) is 3.13. The first-order chi connectivity index (χ1) is 5.74. The van der Waals surface area contributed by atoms with Crippen LogP contribution in [0.15, 0.2) is 12.7 Å². The van der Waals surface area contributed by atoms with Crippen molar-refractivity contribution in [2.75, 3.05) is 11.5 Å². The van der Waals surface area contributed by atoms with Crippen molar-refractivity contribution in [1.29, 1.82) is 0 Å². The van der Waals surface area contributed by atoms with E-state index in [1.54, 1.807) is 21.6 Å². The van der Waals surface area contributed by atoms with Crippen molar-refractivity contribution in [1.82, 2.24) is 0 Å². The molecule has 2 unspecified atom stereocenters. The van der Waals surface area contributed by atoms with Crippen molar-refractivity contribution in [3.8, 4) is 0 Å². The summed E-state index contributed by atoms with van der Waals surface area (Å²) >= 11 is 0. The summed E-state index contributed by atoms with van der Waals surface area (Å²) in [6.45, 7) is 3.28. The van der Waals surface area contributed by atoms with Crippen LogP contribution < -0.4 is 0 Å². The Bertz CT molecular complexity index is 183. The monoisotopic (exact) mass is 206 g/mol. The minimum atomic E-state index is -0.542. The van der Waals surface area contributed by atoms with Gasteiger partial charge in [0.25, 0.3) is 0 Å². The highest BCUT2D eigenvalue weighted by Gasteiger charge is 2.26. The van der Waals surface area contributed by atoms with E-state index in [9.17, 15) is 9.90 Å². The molecule has 0 aromatic heterocycles. The maximum atomic E-state index is 10.8. The summed E-state index contributed by atoms with van der Waals surface area (Å²) in [6.07, 6.45) is 0.195. The van der Waals surface area contributed by atoms with Crippen molar-refractivity contribution >= 4 is 27.6 Å². The Morgan fingerprint density at radius 2 is 2.25 bits per heavy atom. The molecule has 1 aliphatic heterocycles. The Morgan fingerprint density at radius 1 is 1.58 bits per heavy atom. The van der Waals surface area contributed by atoms with E-state index in [-0.39, 0.29) is 6.10 Å². The third-order valence-electron chi connectivity index (χ3n) is 1.42. The first kappa shape index (κ1) is 9.95. The quantitative estimate of drug-likeness (QED) is 0.412. The lowest BCUT2D eigenvalue weighted by Gasteiger charge is -2.25. The molecule has 1 fully saturated rings. The molecule has 0 aliphatic carbocycles. The third kappa shape index (κ3) is 2.73. The van der Waals surface area contributed by atoms with Crippen LogP contribution in [0.4, 0.5) is 0 Å². The van der Waals surface area contributed by atoms with E-state index in [0.717, 1.165) is 6.08 Å². The zero-order valence-corrected chi connectivity index (χ0v) is 8.07. The standard InChI is InChI=1S/C7H10O3S2/c1-2-7(9)10-6-4-12-11-3-5(6)8/h2,5-6,8H,1,3-4H2. The van der Waals surface area contributed by atoms with Gasteiger partial charge in [0, 0.05) is 17.6 Å². The topological polar surface area (TPSA) is 46.5 Å². The summed E-state index contributed by atoms with van der Waals surface area (Å²) < 4.78 is 4.91. The average molecular weight is 206 g/mol. The largest absolute Gasteiger partial charge is 0.456 e. The lowest BCUT2D eigenvalue weighted by molar-refractivity contribution is -0.146. The van der Waals surface area contributed by atoms with Gasteiger partial charge in [-0.25, -0.2) is 4.79 Å². The number of ether oxygens (including phenoxy) is 1. The smallest absolute Gasteiger partial charge is 0.330 e. The number of hydrogen-bond acceptors (Lipinski definition) is 5. The van der Waals surface area contributed by atoms with Crippen LogP contribution in [-0.2, 0) is 9.53 Å². The van der Waals surface area contributed by atoms with Gasteiger partial charge in [-0.1, -0.05) is 28.2 Å². The average Bonchev–Trinajstić information content (AvgIpc) is 2.09. The maximum Gasteiger partial charge on any atom is 0.330 e. The molecule has 1 rings (SSSR count). The second kappa shape index (κ2) is 4.79. The van der Waals surface area contributed by atoms with Crippen LogP contribution in [0, 0.1) is 0 Å². The van der Waals surface area contributed by atoms with E-state index in [1.165, 1.54) is 0 Å². The third-order valence-corrected chi connectivity index (χ3v) is 3.84. The summed E-state index contributed by atoms with van der Waals surface area (Å²) in [6, 6.07) is 0. The maximum absolute atomic E-state index is 10.8. The van der Waals surface area contributed by atoms with Crippen LogP contribution in [0.3, 0.4) is 0 Å². The fourth-order valence-electron chi connectivity index (χ4n) is 0.761. The number of carbonyl (C=O) groups is 1. The Balaban J connectivity index is 2.38. The van der Waals surface area contributed by atoms with Crippen LogP contribution in [0.1, 0.15) is 0 Å². The molecule has 1 saturated heterocycles. The molecular formula is C7H10O3S2. The highest BCUT2D eigenvalue weighted by Crippen LogP contribution is 2.30. The molecule has 0 bridgehead atoms. The summed E-state index contributed by atoms with van der Waals surface area (Å²) in [5.74, 6) is 0.789. The molecule has 1 aliphatic rings. The predicted molar refractivity (Wildman–Crippen MR) is 51.0 cm³/mol. The summed E-state index contributed by atoms with van der Waals surface area (Å²) in [7, 11) is 3.20. The molecule has 2 atom stereocenters. The lowest BCUT2D eigenvalue weighted by Crippen LogP contribution is -2.36. The van der Waals surface area contributed by atoms with E-state index >= 15 is 0 Å². The van der Waals surface area contributed by atoms with Crippen LogP contribution >= 0.6 is 21.6 Å². The van der Waals surface area contributed by atoms with Gasteiger partial charge < -0.3 is 9.84 Å². The van der Waals surface area contributed by atoms with Crippen LogP contribution in [0.25, 0.3) is 0 Å². The molecule has 0 aromatic rings.